The first-order chi connectivity index (χ1) is 9.16. The van der Waals surface area contributed by atoms with Gasteiger partial charge < -0.3 is 0 Å². The molecule has 0 N–H and O–H groups in total. The molecule has 3 rings (SSSR count). The predicted molar refractivity (Wildman–Crippen MR) is 77.1 cm³/mol. The molecule has 4 heteroatoms. The number of aryl methyl sites for hydroxylation is 1. The number of hydrogen-bond acceptors (Lipinski definition) is 2. The van der Waals surface area contributed by atoms with Crippen molar-refractivity contribution in [3.8, 4) is 5.69 Å². The molecule has 0 aliphatic rings. The van der Waals surface area contributed by atoms with Crippen molar-refractivity contribution >= 4 is 22.5 Å². The Labute approximate surface area is 115 Å². The maximum Gasteiger partial charge on any atom is 0.280 e. The third-order valence-electron chi connectivity index (χ3n) is 3.03. The van der Waals surface area contributed by atoms with E-state index in [1.807, 2.05) is 41.8 Å². The summed E-state index contributed by atoms with van der Waals surface area (Å²) in [7, 11) is 0. The molecular formula is C15H11ClN2O. The molecule has 1 aromatic heterocycles. The van der Waals surface area contributed by atoms with Gasteiger partial charge in [-0.3, -0.25) is 9.36 Å². The van der Waals surface area contributed by atoms with Gasteiger partial charge in [-0.25, -0.2) is 0 Å². The lowest BCUT2D eigenvalue weighted by molar-refractivity contribution is 0.933. The molecule has 0 bridgehead atoms. The highest BCUT2D eigenvalue weighted by molar-refractivity contribution is 6.31. The summed E-state index contributed by atoms with van der Waals surface area (Å²) in [4.78, 5) is 16.0. The van der Waals surface area contributed by atoms with Gasteiger partial charge in [0.25, 0.3) is 5.56 Å². The minimum absolute atomic E-state index is 0.226. The lowest BCUT2D eigenvalue weighted by atomic mass is 10.2. The van der Waals surface area contributed by atoms with Crippen molar-refractivity contribution in [3.63, 3.8) is 0 Å². The van der Waals surface area contributed by atoms with E-state index in [0.717, 1.165) is 11.2 Å². The smallest absolute Gasteiger partial charge is 0.280 e. The Morgan fingerprint density at radius 3 is 2.58 bits per heavy atom. The molecule has 0 radical (unpaired) electrons. The van der Waals surface area contributed by atoms with Crippen molar-refractivity contribution < 1.29 is 0 Å². The maximum atomic E-state index is 11.9. The van der Waals surface area contributed by atoms with Crippen LogP contribution in [0.15, 0.2) is 53.3 Å². The van der Waals surface area contributed by atoms with Crippen LogP contribution in [0.5, 0.6) is 0 Å². The molecule has 0 aliphatic carbocycles. The Morgan fingerprint density at radius 1 is 1.11 bits per heavy atom. The van der Waals surface area contributed by atoms with E-state index in [0.29, 0.717) is 16.2 Å². The van der Waals surface area contributed by atoms with Gasteiger partial charge in [-0.1, -0.05) is 29.8 Å². The molecule has 0 saturated carbocycles. The van der Waals surface area contributed by atoms with E-state index >= 15 is 0 Å². The number of rotatable bonds is 1. The summed E-state index contributed by atoms with van der Waals surface area (Å²) in [6, 6.07) is 15.0. The summed E-state index contributed by atoms with van der Waals surface area (Å²) in [6.45, 7) is 1.81. The van der Waals surface area contributed by atoms with Gasteiger partial charge in [0.2, 0.25) is 0 Å². The average Bonchev–Trinajstić information content (AvgIpc) is 2.39. The highest BCUT2D eigenvalue weighted by atomic mass is 35.5. The molecule has 1 heterocycles. The predicted octanol–water partition coefficient (Wildman–Crippen LogP) is 3.35. The van der Waals surface area contributed by atoms with Crippen LogP contribution in [0.1, 0.15) is 5.82 Å². The van der Waals surface area contributed by atoms with Crippen LogP contribution in [0.25, 0.3) is 16.6 Å². The minimum Gasteiger partial charge on any atom is -0.298 e. The van der Waals surface area contributed by atoms with E-state index < -0.39 is 0 Å². The van der Waals surface area contributed by atoms with Gasteiger partial charge >= 0.3 is 0 Å². The number of hydrogen-bond donors (Lipinski definition) is 0. The third-order valence-corrected chi connectivity index (χ3v) is 3.27. The molecule has 2 aromatic carbocycles. The fourth-order valence-electron chi connectivity index (χ4n) is 2.21. The molecule has 0 unspecified atom stereocenters. The van der Waals surface area contributed by atoms with Crippen LogP contribution >= 0.6 is 11.6 Å². The molecule has 3 nitrogen and oxygen atoms in total. The first-order valence-electron chi connectivity index (χ1n) is 5.91. The molecule has 94 valence electrons. The van der Waals surface area contributed by atoms with E-state index in [4.69, 9.17) is 11.6 Å². The van der Waals surface area contributed by atoms with Crippen LogP contribution in [0.3, 0.4) is 0 Å². The Kier molecular flexibility index (Phi) is 2.84. The normalized spacial score (nSPS) is 10.8. The Morgan fingerprint density at radius 2 is 1.84 bits per heavy atom. The van der Waals surface area contributed by atoms with Crippen molar-refractivity contribution in [1.82, 2.24) is 9.55 Å². The first kappa shape index (κ1) is 11.9. The van der Waals surface area contributed by atoms with Crippen LogP contribution in [0, 0.1) is 6.92 Å². The Balaban J connectivity index is 2.48. The second-order valence-electron chi connectivity index (χ2n) is 4.30. The summed E-state index contributed by atoms with van der Waals surface area (Å²) in [6.07, 6.45) is 0. The van der Waals surface area contributed by atoms with Gasteiger partial charge in [0.15, 0.2) is 0 Å². The van der Waals surface area contributed by atoms with Crippen LogP contribution in [-0.4, -0.2) is 9.55 Å². The van der Waals surface area contributed by atoms with Crippen LogP contribution in [0.2, 0.25) is 5.02 Å². The number of halogens is 1. The van der Waals surface area contributed by atoms with Gasteiger partial charge in [0.1, 0.15) is 5.82 Å². The zero-order valence-corrected chi connectivity index (χ0v) is 11.1. The molecule has 0 aliphatic heterocycles. The van der Waals surface area contributed by atoms with E-state index in [9.17, 15) is 4.79 Å². The highest BCUT2D eigenvalue weighted by Gasteiger charge is 2.09. The minimum atomic E-state index is -0.226. The molecule has 0 saturated heterocycles. The number of aromatic nitrogens is 2. The quantitative estimate of drug-likeness (QED) is 0.680. The first-order valence-corrected chi connectivity index (χ1v) is 6.29. The topological polar surface area (TPSA) is 34.9 Å². The molecule has 0 fully saturated rings. The highest BCUT2D eigenvalue weighted by Crippen LogP contribution is 2.21. The van der Waals surface area contributed by atoms with E-state index in [1.54, 1.807) is 18.2 Å². The van der Waals surface area contributed by atoms with Crippen molar-refractivity contribution in [3.05, 3.63) is 69.7 Å². The summed E-state index contributed by atoms with van der Waals surface area (Å²) in [5.74, 6) is 0.644. The standard InChI is InChI=1S/C15H11ClN2O/c1-10-17-15(19)13-8-7-11(16)9-14(13)18(10)12-5-3-2-4-6-12/h2-9H,1H3. The average molecular weight is 271 g/mol. The molecule has 19 heavy (non-hydrogen) atoms. The van der Waals surface area contributed by atoms with Crippen LogP contribution in [0.4, 0.5) is 0 Å². The summed E-state index contributed by atoms with van der Waals surface area (Å²) in [5, 5.41) is 1.17. The monoisotopic (exact) mass is 270 g/mol. The third kappa shape index (κ3) is 2.02. The molecule has 3 aromatic rings. The van der Waals surface area contributed by atoms with Crippen LogP contribution < -0.4 is 5.56 Å². The van der Waals surface area contributed by atoms with Gasteiger partial charge in [0, 0.05) is 10.7 Å². The van der Waals surface area contributed by atoms with Crippen molar-refractivity contribution in [2.45, 2.75) is 6.92 Å². The number of benzene rings is 2. The van der Waals surface area contributed by atoms with Gasteiger partial charge in [0.05, 0.1) is 10.9 Å². The van der Waals surface area contributed by atoms with Crippen molar-refractivity contribution in [2.75, 3.05) is 0 Å². The molecular weight excluding hydrogens is 260 g/mol. The van der Waals surface area contributed by atoms with E-state index in [1.165, 1.54) is 0 Å². The largest absolute Gasteiger partial charge is 0.298 e. The van der Waals surface area contributed by atoms with Crippen molar-refractivity contribution in [2.24, 2.45) is 0 Å². The molecule has 0 spiro atoms. The number of nitrogens with zero attached hydrogens (tertiary/aromatic N) is 2. The lowest BCUT2D eigenvalue weighted by Crippen LogP contribution is -2.15. The fraction of sp³-hybridized carbons (Fsp3) is 0.0667. The van der Waals surface area contributed by atoms with Crippen LogP contribution in [-0.2, 0) is 0 Å². The van der Waals surface area contributed by atoms with Gasteiger partial charge in [-0.15, -0.1) is 0 Å². The van der Waals surface area contributed by atoms with E-state index in [-0.39, 0.29) is 5.56 Å². The number of para-hydroxylation sites is 1. The summed E-state index contributed by atoms with van der Waals surface area (Å²) in [5.41, 5.74) is 1.51. The fourth-order valence-corrected chi connectivity index (χ4v) is 2.37. The van der Waals surface area contributed by atoms with E-state index in [2.05, 4.69) is 4.98 Å². The molecule has 0 amide bonds. The summed E-state index contributed by atoms with van der Waals surface area (Å²) >= 11 is 6.05. The van der Waals surface area contributed by atoms with Gasteiger partial charge in [-0.05, 0) is 37.3 Å². The second-order valence-corrected chi connectivity index (χ2v) is 4.73. The zero-order chi connectivity index (χ0) is 13.4. The Hall–Kier alpha value is -2.13. The summed E-state index contributed by atoms with van der Waals surface area (Å²) < 4.78 is 1.93. The van der Waals surface area contributed by atoms with Crippen molar-refractivity contribution in [1.29, 1.82) is 0 Å². The zero-order valence-electron chi connectivity index (χ0n) is 10.3. The lowest BCUT2D eigenvalue weighted by Gasteiger charge is -2.13. The SMILES string of the molecule is Cc1nc(=O)c2ccc(Cl)cc2n1-c1ccccc1. The maximum absolute atomic E-state index is 11.9. The molecule has 0 atom stereocenters. The second kappa shape index (κ2) is 4.52. The van der Waals surface area contributed by atoms with Gasteiger partial charge in [-0.2, -0.15) is 4.98 Å². The Bertz CT molecular complexity index is 809. The number of fused-ring (bicyclic) bond motifs is 1.